The van der Waals surface area contributed by atoms with Crippen LogP contribution in [0.5, 0.6) is 5.75 Å². The van der Waals surface area contributed by atoms with Crippen LogP contribution in [0.3, 0.4) is 0 Å². The average Bonchev–Trinajstić information content (AvgIpc) is 2.21. The molecule has 0 unspecified atom stereocenters. The molecular formula is C10H12N2O2. The summed E-state index contributed by atoms with van der Waals surface area (Å²) in [6.45, 7) is 2.71. The maximum absolute atomic E-state index is 8.69. The highest BCUT2D eigenvalue weighted by Crippen LogP contribution is 2.20. The van der Waals surface area contributed by atoms with Crippen LogP contribution in [-0.2, 0) is 11.4 Å². The molecule has 0 spiro atoms. The molecule has 14 heavy (non-hydrogen) atoms. The van der Waals surface area contributed by atoms with Crippen molar-refractivity contribution in [2.45, 2.75) is 13.5 Å². The maximum Gasteiger partial charge on any atom is 0.126 e. The monoisotopic (exact) mass is 192 g/mol. The van der Waals surface area contributed by atoms with Crippen LogP contribution in [0.25, 0.3) is 0 Å². The second-order valence-electron chi connectivity index (χ2n) is 2.68. The molecule has 0 heterocycles. The van der Waals surface area contributed by atoms with E-state index in [1.54, 1.807) is 18.2 Å². The Bertz CT molecular complexity index is 344. The van der Waals surface area contributed by atoms with E-state index in [2.05, 4.69) is 4.84 Å². The van der Waals surface area contributed by atoms with E-state index in [1.165, 1.54) is 0 Å². The van der Waals surface area contributed by atoms with Gasteiger partial charge in [0.25, 0.3) is 0 Å². The first kappa shape index (κ1) is 10.5. The summed E-state index contributed by atoms with van der Waals surface area (Å²) in [5.41, 5.74) is 1.41. The first-order valence-corrected chi connectivity index (χ1v) is 4.29. The van der Waals surface area contributed by atoms with Crippen molar-refractivity contribution < 1.29 is 9.57 Å². The van der Waals surface area contributed by atoms with Crippen molar-refractivity contribution in [1.82, 2.24) is 0 Å². The SMILES string of the molecule is CCOc1cc(C#N)ccc1CON. The Hall–Kier alpha value is -1.57. The normalized spacial score (nSPS) is 9.50. The Labute approximate surface area is 82.8 Å². The third-order valence-corrected chi connectivity index (χ3v) is 1.73. The molecule has 0 atom stereocenters. The van der Waals surface area contributed by atoms with Gasteiger partial charge in [-0.3, -0.25) is 4.84 Å². The number of nitriles is 1. The van der Waals surface area contributed by atoms with Crippen LogP contribution in [0.4, 0.5) is 0 Å². The lowest BCUT2D eigenvalue weighted by Crippen LogP contribution is -2.02. The van der Waals surface area contributed by atoms with E-state index in [-0.39, 0.29) is 6.61 Å². The van der Waals surface area contributed by atoms with Crippen LogP contribution in [0.2, 0.25) is 0 Å². The lowest BCUT2D eigenvalue weighted by atomic mass is 10.1. The Morgan fingerprint density at radius 1 is 1.50 bits per heavy atom. The topological polar surface area (TPSA) is 68.3 Å². The van der Waals surface area contributed by atoms with Gasteiger partial charge in [0.05, 0.1) is 24.8 Å². The highest BCUT2D eigenvalue weighted by Gasteiger charge is 2.04. The highest BCUT2D eigenvalue weighted by atomic mass is 16.6. The Balaban J connectivity index is 2.98. The second-order valence-corrected chi connectivity index (χ2v) is 2.68. The molecule has 2 N–H and O–H groups in total. The van der Waals surface area contributed by atoms with E-state index in [1.807, 2.05) is 13.0 Å². The third kappa shape index (κ3) is 2.46. The van der Waals surface area contributed by atoms with Crippen molar-refractivity contribution in [1.29, 1.82) is 5.26 Å². The average molecular weight is 192 g/mol. The van der Waals surface area contributed by atoms with Crippen LogP contribution >= 0.6 is 0 Å². The quantitative estimate of drug-likeness (QED) is 0.731. The van der Waals surface area contributed by atoms with Crippen molar-refractivity contribution in [3.05, 3.63) is 29.3 Å². The second kappa shape index (κ2) is 5.22. The molecule has 0 bridgehead atoms. The van der Waals surface area contributed by atoms with E-state index in [4.69, 9.17) is 15.9 Å². The molecule has 0 fully saturated rings. The lowest BCUT2D eigenvalue weighted by molar-refractivity contribution is 0.121. The fraction of sp³-hybridized carbons (Fsp3) is 0.300. The fourth-order valence-electron chi connectivity index (χ4n) is 1.12. The predicted octanol–water partition coefficient (Wildman–Crippen LogP) is 1.35. The number of ether oxygens (including phenoxy) is 1. The number of rotatable bonds is 4. The van der Waals surface area contributed by atoms with Gasteiger partial charge in [-0.15, -0.1) is 0 Å². The molecule has 0 aliphatic rings. The molecule has 0 radical (unpaired) electrons. The molecule has 1 aromatic rings. The molecule has 0 saturated carbocycles. The standard InChI is InChI=1S/C10H12N2O2/c1-2-13-10-5-8(6-11)3-4-9(10)7-14-12/h3-5H,2,7,12H2,1H3. The van der Waals surface area contributed by atoms with Crippen molar-refractivity contribution in [3.63, 3.8) is 0 Å². The first-order chi connectivity index (χ1) is 6.81. The van der Waals surface area contributed by atoms with Gasteiger partial charge < -0.3 is 4.74 Å². The molecule has 4 heteroatoms. The first-order valence-electron chi connectivity index (χ1n) is 4.29. The summed E-state index contributed by atoms with van der Waals surface area (Å²) in [6, 6.07) is 7.20. The zero-order valence-corrected chi connectivity index (χ0v) is 7.99. The number of hydrogen-bond acceptors (Lipinski definition) is 4. The summed E-state index contributed by atoms with van der Waals surface area (Å²) in [5.74, 6) is 5.63. The number of hydrogen-bond donors (Lipinski definition) is 1. The molecule has 4 nitrogen and oxygen atoms in total. The zero-order valence-electron chi connectivity index (χ0n) is 7.99. The summed E-state index contributed by atoms with van der Waals surface area (Å²) in [4.78, 5) is 4.53. The largest absolute Gasteiger partial charge is 0.493 e. The van der Waals surface area contributed by atoms with Crippen molar-refractivity contribution in [2.24, 2.45) is 5.90 Å². The number of nitrogens with two attached hydrogens (primary N) is 1. The van der Waals surface area contributed by atoms with Gasteiger partial charge in [-0.2, -0.15) is 5.26 Å². The molecule has 0 saturated heterocycles. The van der Waals surface area contributed by atoms with Crippen LogP contribution in [0.15, 0.2) is 18.2 Å². The lowest BCUT2D eigenvalue weighted by Gasteiger charge is -2.08. The summed E-state index contributed by atoms with van der Waals surface area (Å²) in [5, 5.41) is 8.69. The van der Waals surface area contributed by atoms with Crippen LogP contribution in [0.1, 0.15) is 18.1 Å². The molecule has 1 aromatic carbocycles. The van der Waals surface area contributed by atoms with E-state index in [0.29, 0.717) is 17.9 Å². The van der Waals surface area contributed by atoms with Gasteiger partial charge in [0.2, 0.25) is 0 Å². The summed E-state index contributed by atoms with van der Waals surface area (Å²) in [6.07, 6.45) is 0. The molecule has 1 rings (SSSR count). The van der Waals surface area contributed by atoms with E-state index < -0.39 is 0 Å². The van der Waals surface area contributed by atoms with Crippen LogP contribution in [-0.4, -0.2) is 6.61 Å². The third-order valence-electron chi connectivity index (χ3n) is 1.73. The fourth-order valence-corrected chi connectivity index (χ4v) is 1.12. The van der Waals surface area contributed by atoms with Crippen LogP contribution < -0.4 is 10.6 Å². The molecule has 0 aromatic heterocycles. The van der Waals surface area contributed by atoms with Crippen molar-refractivity contribution in [2.75, 3.05) is 6.61 Å². The molecule has 0 aliphatic heterocycles. The van der Waals surface area contributed by atoms with E-state index >= 15 is 0 Å². The van der Waals surface area contributed by atoms with Crippen LogP contribution in [0, 0.1) is 11.3 Å². The van der Waals surface area contributed by atoms with Gasteiger partial charge in [-0.1, -0.05) is 6.07 Å². The Morgan fingerprint density at radius 2 is 2.29 bits per heavy atom. The van der Waals surface area contributed by atoms with E-state index in [0.717, 1.165) is 5.56 Å². The zero-order chi connectivity index (χ0) is 10.4. The summed E-state index contributed by atoms with van der Waals surface area (Å²) < 4.78 is 5.35. The molecule has 74 valence electrons. The van der Waals surface area contributed by atoms with Gasteiger partial charge in [0.15, 0.2) is 0 Å². The number of benzene rings is 1. The minimum absolute atomic E-state index is 0.279. The number of nitrogens with zero attached hydrogens (tertiary/aromatic N) is 1. The van der Waals surface area contributed by atoms with Gasteiger partial charge in [-0.05, 0) is 19.1 Å². The maximum atomic E-state index is 8.69. The van der Waals surface area contributed by atoms with Gasteiger partial charge in [0.1, 0.15) is 5.75 Å². The molecule has 0 amide bonds. The molecule has 0 aliphatic carbocycles. The summed E-state index contributed by atoms with van der Waals surface area (Å²) >= 11 is 0. The molecular weight excluding hydrogens is 180 g/mol. The van der Waals surface area contributed by atoms with Crippen molar-refractivity contribution >= 4 is 0 Å². The Kier molecular flexibility index (Phi) is 3.92. The van der Waals surface area contributed by atoms with Crippen molar-refractivity contribution in [3.8, 4) is 11.8 Å². The van der Waals surface area contributed by atoms with Gasteiger partial charge >= 0.3 is 0 Å². The summed E-state index contributed by atoms with van der Waals surface area (Å²) in [7, 11) is 0. The van der Waals surface area contributed by atoms with E-state index in [9.17, 15) is 0 Å². The predicted molar refractivity (Wildman–Crippen MR) is 51.3 cm³/mol. The smallest absolute Gasteiger partial charge is 0.126 e. The minimum atomic E-state index is 0.279. The highest BCUT2D eigenvalue weighted by molar-refractivity contribution is 5.42. The Morgan fingerprint density at radius 3 is 2.86 bits per heavy atom. The van der Waals surface area contributed by atoms with Gasteiger partial charge in [-0.25, -0.2) is 5.90 Å². The van der Waals surface area contributed by atoms with Gasteiger partial charge in [0, 0.05) is 5.56 Å². The minimum Gasteiger partial charge on any atom is -0.493 e.